The van der Waals surface area contributed by atoms with Gasteiger partial charge >= 0.3 is 6.47 Å². The van der Waals surface area contributed by atoms with E-state index in [1.165, 1.54) is 12.5 Å². The monoisotopic (exact) mass is 85.0 g/mol. The van der Waals surface area contributed by atoms with Gasteiger partial charge in [-0.15, -0.1) is 0 Å². The maximum atomic E-state index is 9.17. The molecule has 0 aliphatic rings. The van der Waals surface area contributed by atoms with Crippen molar-refractivity contribution < 1.29 is 9.53 Å². The first-order valence-electron chi connectivity index (χ1n) is 1.51. The molecule has 0 spiro atoms. The third-order valence-corrected chi connectivity index (χ3v) is 0.260. The van der Waals surface area contributed by atoms with E-state index in [2.05, 4.69) is 11.3 Å². The van der Waals surface area contributed by atoms with Gasteiger partial charge in [-0.25, -0.2) is 4.79 Å². The molecule has 0 aliphatic heterocycles. The molecule has 1 radical (unpaired) electrons. The van der Waals surface area contributed by atoms with Crippen LogP contribution in [0.4, 0.5) is 0 Å². The molecule has 0 aromatic carbocycles. The van der Waals surface area contributed by atoms with E-state index in [1.807, 2.05) is 0 Å². The Balaban J connectivity index is 2.66. The molecule has 0 amide bonds. The van der Waals surface area contributed by atoms with Gasteiger partial charge < -0.3 is 4.74 Å². The van der Waals surface area contributed by atoms with E-state index in [4.69, 9.17) is 4.79 Å². The zero-order chi connectivity index (χ0) is 4.83. The molecule has 0 aliphatic carbocycles. The van der Waals surface area contributed by atoms with Gasteiger partial charge in [0, 0.05) is 0 Å². The summed E-state index contributed by atoms with van der Waals surface area (Å²) in [6.07, 6.45) is 1.48. The van der Waals surface area contributed by atoms with E-state index < -0.39 is 0 Å². The fourth-order valence-corrected chi connectivity index (χ4v) is 0.0929. The Morgan fingerprint density at radius 2 is 2.67 bits per heavy atom. The average molecular weight is 85.1 g/mol. The minimum absolute atomic E-state index is 0.253. The summed E-state index contributed by atoms with van der Waals surface area (Å²) < 4.78 is 4.06. The number of carbonyl (C=O) groups excluding carboxylic acids is 1. The highest BCUT2D eigenvalue weighted by Gasteiger charge is 1.68. The molecule has 0 fully saturated rings. The molecule has 0 unspecified atom stereocenters. The molecule has 0 atom stereocenters. The fraction of sp³-hybridized carbons (Fsp3) is 0.250. The maximum absolute atomic E-state index is 9.17. The molecule has 2 heteroatoms. The first-order valence-corrected chi connectivity index (χ1v) is 1.51. The van der Waals surface area contributed by atoms with Crippen LogP contribution in [0.5, 0.6) is 0 Å². The van der Waals surface area contributed by atoms with Crippen molar-refractivity contribution in [3.63, 3.8) is 0 Å². The van der Waals surface area contributed by atoms with Crippen LogP contribution in [-0.4, -0.2) is 13.1 Å². The first-order chi connectivity index (χ1) is 2.91. The Hall–Kier alpha value is -0.790. The summed E-state index contributed by atoms with van der Waals surface area (Å²) >= 11 is 0. The van der Waals surface area contributed by atoms with Gasteiger partial charge in [0.25, 0.3) is 0 Å². The molecule has 0 heterocycles. The first kappa shape index (κ1) is 5.21. The number of ether oxygens (including phenoxy) is 1. The van der Waals surface area contributed by atoms with Crippen LogP contribution in [0.25, 0.3) is 0 Å². The lowest BCUT2D eigenvalue weighted by Gasteiger charge is -1.80. The predicted molar refractivity (Wildman–Crippen MR) is 21.8 cm³/mol. The van der Waals surface area contributed by atoms with Gasteiger partial charge in [0.05, 0.1) is 0 Å². The van der Waals surface area contributed by atoms with Crippen molar-refractivity contribution in [2.24, 2.45) is 0 Å². The molecule has 0 aromatic rings. The van der Waals surface area contributed by atoms with Crippen LogP contribution in [0.3, 0.4) is 0 Å². The van der Waals surface area contributed by atoms with E-state index in [-0.39, 0.29) is 6.61 Å². The van der Waals surface area contributed by atoms with E-state index in [1.54, 1.807) is 0 Å². The summed E-state index contributed by atoms with van der Waals surface area (Å²) in [5.41, 5.74) is 0. The van der Waals surface area contributed by atoms with Gasteiger partial charge in [-0.3, -0.25) is 0 Å². The molecule has 6 heavy (non-hydrogen) atoms. The van der Waals surface area contributed by atoms with Crippen molar-refractivity contribution in [2.75, 3.05) is 6.61 Å². The van der Waals surface area contributed by atoms with Crippen LogP contribution in [-0.2, 0) is 9.53 Å². The predicted octanol–water partition coefficient (Wildman–Crippen LogP) is 0.256. The van der Waals surface area contributed by atoms with E-state index in [0.717, 1.165) is 0 Å². The highest BCUT2D eigenvalue weighted by atomic mass is 16.5. The highest BCUT2D eigenvalue weighted by molar-refractivity contribution is 5.38. The van der Waals surface area contributed by atoms with E-state index in [0.29, 0.717) is 0 Å². The van der Waals surface area contributed by atoms with E-state index in [9.17, 15) is 0 Å². The average Bonchev–Trinajstić information content (AvgIpc) is 1.61. The highest BCUT2D eigenvalue weighted by Crippen LogP contribution is 1.62. The topological polar surface area (TPSA) is 26.3 Å². The summed E-state index contributed by atoms with van der Waals surface area (Å²) in [7, 11) is 0. The van der Waals surface area contributed by atoms with Crippen LogP contribution < -0.4 is 0 Å². The Kier molecular flexibility index (Phi) is 3.66. The lowest BCUT2D eigenvalue weighted by Crippen LogP contribution is -1.82. The van der Waals surface area contributed by atoms with Crippen LogP contribution in [0.1, 0.15) is 0 Å². The van der Waals surface area contributed by atoms with Gasteiger partial charge in [0.1, 0.15) is 6.61 Å². The largest absolute Gasteiger partial charge is 0.453 e. The van der Waals surface area contributed by atoms with Gasteiger partial charge in [0.2, 0.25) is 0 Å². The molecule has 0 aromatic heterocycles. The van der Waals surface area contributed by atoms with Crippen molar-refractivity contribution in [1.82, 2.24) is 0 Å². The summed E-state index contributed by atoms with van der Waals surface area (Å²) in [5.74, 6) is 0. The molecule has 33 valence electrons. The molecule has 2 nitrogen and oxygen atoms in total. The summed E-state index contributed by atoms with van der Waals surface area (Å²) in [6.45, 7) is 4.80. The summed E-state index contributed by atoms with van der Waals surface area (Å²) in [4.78, 5) is 9.17. The normalized spacial score (nSPS) is 6.67. The molecule has 0 saturated heterocycles. The Morgan fingerprint density at radius 1 is 2.00 bits per heavy atom. The van der Waals surface area contributed by atoms with Gasteiger partial charge in [-0.1, -0.05) is 12.7 Å². The van der Waals surface area contributed by atoms with Gasteiger partial charge in [-0.05, 0) is 0 Å². The lowest BCUT2D eigenvalue weighted by atomic mass is 10.7. The molecular formula is C4H5O2. The third-order valence-electron chi connectivity index (χ3n) is 0.260. The van der Waals surface area contributed by atoms with Crippen molar-refractivity contribution in [3.05, 3.63) is 12.7 Å². The Bertz CT molecular complexity index is 41.5. The summed E-state index contributed by atoms with van der Waals surface area (Å²) in [6, 6.07) is 0. The van der Waals surface area contributed by atoms with Crippen molar-refractivity contribution in [1.29, 1.82) is 0 Å². The van der Waals surface area contributed by atoms with Crippen LogP contribution in [0, 0.1) is 0 Å². The third kappa shape index (κ3) is 3.21. The van der Waals surface area contributed by atoms with Crippen molar-refractivity contribution in [3.8, 4) is 0 Å². The van der Waals surface area contributed by atoms with Crippen LogP contribution in [0.2, 0.25) is 0 Å². The van der Waals surface area contributed by atoms with Gasteiger partial charge in [-0.2, -0.15) is 0 Å². The van der Waals surface area contributed by atoms with Crippen LogP contribution >= 0.6 is 0 Å². The number of rotatable bonds is 3. The Morgan fingerprint density at radius 3 is 2.83 bits per heavy atom. The lowest BCUT2D eigenvalue weighted by molar-refractivity contribution is 0.314. The second kappa shape index (κ2) is 4.21. The zero-order valence-corrected chi connectivity index (χ0v) is 3.31. The molecular weight excluding hydrogens is 80.0 g/mol. The molecule has 0 rings (SSSR count). The van der Waals surface area contributed by atoms with Crippen molar-refractivity contribution in [2.45, 2.75) is 0 Å². The zero-order valence-electron chi connectivity index (χ0n) is 3.31. The van der Waals surface area contributed by atoms with Gasteiger partial charge in [0.15, 0.2) is 0 Å². The second-order valence-electron chi connectivity index (χ2n) is 0.683. The minimum Gasteiger partial charge on any atom is -0.453 e. The smallest absolute Gasteiger partial charge is 0.417 e. The molecule has 0 N–H and O–H groups in total. The SMILES string of the molecule is C=CCO[C]=O. The van der Waals surface area contributed by atoms with Crippen LogP contribution in [0.15, 0.2) is 12.7 Å². The Labute approximate surface area is 36.4 Å². The number of hydrogen-bond acceptors (Lipinski definition) is 2. The molecule has 0 saturated carbocycles. The van der Waals surface area contributed by atoms with E-state index >= 15 is 0 Å². The quantitative estimate of drug-likeness (QED) is 0.363. The molecule has 0 bridgehead atoms. The van der Waals surface area contributed by atoms with Crippen molar-refractivity contribution >= 4 is 6.47 Å². The second-order valence-corrected chi connectivity index (χ2v) is 0.683. The summed E-state index contributed by atoms with van der Waals surface area (Å²) in [5, 5.41) is 0. The maximum Gasteiger partial charge on any atom is 0.417 e. The fourth-order valence-electron chi connectivity index (χ4n) is 0.0929. The number of hydrogen-bond donors (Lipinski definition) is 0. The minimum atomic E-state index is 0.253. The standard InChI is InChI=1S/C4H5O2/c1-2-3-6-4-5/h2H,1,3H2.